The molecule has 3 heterocycles. The zero-order valence-electron chi connectivity index (χ0n) is 13.9. The molecule has 0 bridgehead atoms. The second kappa shape index (κ2) is 6.70. The van der Waals surface area contributed by atoms with Crippen LogP contribution in [0.25, 0.3) is 0 Å². The quantitative estimate of drug-likeness (QED) is 0.864. The summed E-state index contributed by atoms with van der Waals surface area (Å²) in [6.45, 7) is 7.36. The van der Waals surface area contributed by atoms with Crippen molar-refractivity contribution < 1.29 is 9.59 Å². The Bertz CT molecular complexity index is 572. The number of aromatic amines is 1. The van der Waals surface area contributed by atoms with Crippen LogP contribution in [0.2, 0.25) is 0 Å². The SMILES string of the molecule is Cc1n[nH]c(C)c1NC(=O)CN1CCC(C(=O)N2CCCC2)C1. The predicted octanol–water partition coefficient (Wildman–Crippen LogP) is 0.909. The molecule has 0 aliphatic carbocycles. The summed E-state index contributed by atoms with van der Waals surface area (Å²) in [6.07, 6.45) is 3.09. The fourth-order valence-electron chi connectivity index (χ4n) is 3.49. The molecule has 2 N–H and O–H groups in total. The molecule has 7 heteroatoms. The first-order valence-corrected chi connectivity index (χ1v) is 8.37. The van der Waals surface area contributed by atoms with E-state index < -0.39 is 0 Å². The number of rotatable bonds is 4. The molecule has 1 atom stereocenters. The van der Waals surface area contributed by atoms with Gasteiger partial charge in [0.25, 0.3) is 0 Å². The number of amides is 2. The first-order valence-electron chi connectivity index (χ1n) is 8.37. The molecule has 0 saturated carbocycles. The summed E-state index contributed by atoms with van der Waals surface area (Å²) in [7, 11) is 0. The Hall–Kier alpha value is -1.89. The smallest absolute Gasteiger partial charge is 0.238 e. The van der Waals surface area contributed by atoms with Crippen molar-refractivity contribution in [2.75, 3.05) is 38.0 Å². The Balaban J connectivity index is 1.49. The van der Waals surface area contributed by atoms with Gasteiger partial charge in [0.05, 0.1) is 29.5 Å². The fourth-order valence-corrected chi connectivity index (χ4v) is 3.49. The van der Waals surface area contributed by atoms with E-state index in [4.69, 9.17) is 0 Å². The summed E-state index contributed by atoms with van der Waals surface area (Å²) in [5, 5.41) is 9.85. The van der Waals surface area contributed by atoms with Crippen LogP contribution < -0.4 is 5.32 Å². The van der Waals surface area contributed by atoms with Gasteiger partial charge in [0.15, 0.2) is 0 Å². The number of nitrogens with zero attached hydrogens (tertiary/aromatic N) is 3. The molecule has 3 rings (SSSR count). The molecule has 7 nitrogen and oxygen atoms in total. The van der Waals surface area contributed by atoms with Gasteiger partial charge in [0, 0.05) is 19.6 Å². The van der Waals surface area contributed by atoms with E-state index in [-0.39, 0.29) is 17.7 Å². The minimum absolute atomic E-state index is 0.0492. The summed E-state index contributed by atoms with van der Waals surface area (Å²) in [6, 6.07) is 0. The molecular formula is C16H25N5O2. The normalized spacial score (nSPS) is 21.8. The van der Waals surface area contributed by atoms with Gasteiger partial charge in [-0.2, -0.15) is 5.10 Å². The average molecular weight is 319 g/mol. The van der Waals surface area contributed by atoms with Crippen molar-refractivity contribution in [3.05, 3.63) is 11.4 Å². The van der Waals surface area contributed by atoms with Crippen molar-refractivity contribution >= 4 is 17.5 Å². The largest absolute Gasteiger partial charge is 0.342 e. The maximum Gasteiger partial charge on any atom is 0.238 e. The average Bonchev–Trinajstić information content (AvgIpc) is 3.25. The summed E-state index contributed by atoms with van der Waals surface area (Å²) in [5.74, 6) is 0.275. The molecule has 2 amide bonds. The van der Waals surface area contributed by atoms with Gasteiger partial charge in [-0.1, -0.05) is 0 Å². The molecule has 0 spiro atoms. The second-order valence-corrected chi connectivity index (χ2v) is 6.61. The molecule has 23 heavy (non-hydrogen) atoms. The number of hydrogen-bond acceptors (Lipinski definition) is 4. The summed E-state index contributed by atoms with van der Waals surface area (Å²) in [5.41, 5.74) is 2.41. The van der Waals surface area contributed by atoms with Crippen molar-refractivity contribution in [2.45, 2.75) is 33.1 Å². The van der Waals surface area contributed by atoms with E-state index in [1.54, 1.807) is 0 Å². The van der Waals surface area contributed by atoms with Crippen LogP contribution in [-0.2, 0) is 9.59 Å². The molecule has 2 aliphatic rings. The highest BCUT2D eigenvalue weighted by molar-refractivity contribution is 5.93. The molecule has 1 aromatic heterocycles. The lowest BCUT2D eigenvalue weighted by Gasteiger charge is -2.20. The first-order chi connectivity index (χ1) is 11.0. The van der Waals surface area contributed by atoms with Crippen LogP contribution in [-0.4, -0.2) is 64.5 Å². The maximum absolute atomic E-state index is 12.4. The van der Waals surface area contributed by atoms with E-state index in [0.717, 1.165) is 56.0 Å². The summed E-state index contributed by atoms with van der Waals surface area (Å²) < 4.78 is 0. The molecular weight excluding hydrogens is 294 g/mol. The highest BCUT2D eigenvalue weighted by atomic mass is 16.2. The van der Waals surface area contributed by atoms with Crippen molar-refractivity contribution in [2.24, 2.45) is 5.92 Å². The number of carbonyl (C=O) groups is 2. The Labute approximate surface area is 136 Å². The molecule has 1 aromatic rings. The lowest BCUT2D eigenvalue weighted by Crippen LogP contribution is -2.37. The van der Waals surface area contributed by atoms with Gasteiger partial charge in [-0.15, -0.1) is 0 Å². The highest BCUT2D eigenvalue weighted by Gasteiger charge is 2.33. The highest BCUT2D eigenvalue weighted by Crippen LogP contribution is 2.21. The topological polar surface area (TPSA) is 81.3 Å². The number of hydrogen-bond donors (Lipinski definition) is 2. The summed E-state index contributed by atoms with van der Waals surface area (Å²) >= 11 is 0. The number of likely N-dealkylation sites (tertiary alicyclic amines) is 2. The molecule has 126 valence electrons. The van der Waals surface area contributed by atoms with E-state index in [9.17, 15) is 9.59 Å². The van der Waals surface area contributed by atoms with Gasteiger partial charge in [-0.25, -0.2) is 0 Å². The van der Waals surface area contributed by atoms with Crippen LogP contribution in [0.5, 0.6) is 0 Å². The third kappa shape index (κ3) is 3.55. The number of aryl methyl sites for hydroxylation is 2. The van der Waals surface area contributed by atoms with Gasteiger partial charge in [-0.3, -0.25) is 19.6 Å². The number of aromatic nitrogens is 2. The number of carbonyl (C=O) groups excluding carboxylic acids is 2. The van der Waals surface area contributed by atoms with Gasteiger partial charge < -0.3 is 10.2 Å². The van der Waals surface area contributed by atoms with Crippen LogP contribution in [0.1, 0.15) is 30.7 Å². The van der Waals surface area contributed by atoms with Gasteiger partial charge in [0.1, 0.15) is 0 Å². The van der Waals surface area contributed by atoms with Gasteiger partial charge in [-0.05, 0) is 39.7 Å². The lowest BCUT2D eigenvalue weighted by molar-refractivity contribution is -0.134. The minimum atomic E-state index is -0.0492. The zero-order valence-corrected chi connectivity index (χ0v) is 13.9. The van der Waals surface area contributed by atoms with Gasteiger partial charge >= 0.3 is 0 Å². The van der Waals surface area contributed by atoms with Crippen molar-refractivity contribution in [3.63, 3.8) is 0 Å². The van der Waals surface area contributed by atoms with Crippen LogP contribution in [0.3, 0.4) is 0 Å². The van der Waals surface area contributed by atoms with Crippen LogP contribution in [0.4, 0.5) is 5.69 Å². The first kappa shape index (κ1) is 16.0. The van der Waals surface area contributed by atoms with Crippen LogP contribution >= 0.6 is 0 Å². The third-order valence-corrected chi connectivity index (χ3v) is 4.80. The fraction of sp³-hybridized carbons (Fsp3) is 0.688. The van der Waals surface area contributed by atoms with Crippen molar-refractivity contribution in [1.29, 1.82) is 0 Å². The van der Waals surface area contributed by atoms with Crippen molar-refractivity contribution in [1.82, 2.24) is 20.0 Å². The van der Waals surface area contributed by atoms with E-state index in [2.05, 4.69) is 20.4 Å². The number of nitrogens with one attached hydrogen (secondary N) is 2. The lowest BCUT2D eigenvalue weighted by atomic mass is 10.1. The predicted molar refractivity (Wildman–Crippen MR) is 87.1 cm³/mol. The molecule has 2 saturated heterocycles. The number of H-pyrrole nitrogens is 1. The molecule has 0 aromatic carbocycles. The van der Waals surface area contributed by atoms with Crippen LogP contribution in [0, 0.1) is 19.8 Å². The Morgan fingerprint density at radius 1 is 1.26 bits per heavy atom. The summed E-state index contributed by atoms with van der Waals surface area (Å²) in [4.78, 5) is 28.7. The molecule has 2 fully saturated rings. The second-order valence-electron chi connectivity index (χ2n) is 6.61. The monoisotopic (exact) mass is 319 g/mol. The van der Waals surface area contributed by atoms with E-state index >= 15 is 0 Å². The van der Waals surface area contributed by atoms with E-state index in [0.29, 0.717) is 13.1 Å². The molecule has 2 aliphatic heterocycles. The zero-order chi connectivity index (χ0) is 16.4. The minimum Gasteiger partial charge on any atom is -0.342 e. The Kier molecular flexibility index (Phi) is 4.66. The Morgan fingerprint density at radius 2 is 2.00 bits per heavy atom. The van der Waals surface area contributed by atoms with Crippen LogP contribution in [0.15, 0.2) is 0 Å². The maximum atomic E-state index is 12.4. The molecule has 1 unspecified atom stereocenters. The van der Waals surface area contributed by atoms with E-state index in [1.807, 2.05) is 18.7 Å². The Morgan fingerprint density at radius 3 is 2.65 bits per heavy atom. The molecule has 0 radical (unpaired) electrons. The number of anilines is 1. The standard InChI is InChI=1S/C16H25N5O2/c1-11-15(12(2)19-18-11)17-14(22)10-20-8-5-13(9-20)16(23)21-6-3-4-7-21/h13H,3-10H2,1-2H3,(H,17,22)(H,18,19). The van der Waals surface area contributed by atoms with E-state index in [1.165, 1.54) is 0 Å². The van der Waals surface area contributed by atoms with Gasteiger partial charge in [0.2, 0.25) is 11.8 Å². The van der Waals surface area contributed by atoms with Crippen molar-refractivity contribution in [3.8, 4) is 0 Å². The third-order valence-electron chi connectivity index (χ3n) is 4.80.